The Kier molecular flexibility index (Phi) is 4.75. The van der Waals surface area contributed by atoms with Crippen molar-refractivity contribution in [2.75, 3.05) is 11.9 Å². The predicted molar refractivity (Wildman–Crippen MR) is 109 cm³/mol. The number of carbonyl (C=O) groups is 1. The Bertz CT molecular complexity index is 1090. The van der Waals surface area contributed by atoms with Gasteiger partial charge in [-0.25, -0.2) is 8.42 Å². The zero-order valence-electron chi connectivity index (χ0n) is 14.9. The number of nitrogens with one attached hydrogen (secondary N) is 1. The fourth-order valence-corrected chi connectivity index (χ4v) is 5.83. The van der Waals surface area contributed by atoms with E-state index >= 15 is 0 Å². The van der Waals surface area contributed by atoms with Gasteiger partial charge in [0.2, 0.25) is 15.9 Å². The van der Waals surface area contributed by atoms with Gasteiger partial charge in [0.1, 0.15) is 6.04 Å². The average molecular weight is 401 g/mol. The van der Waals surface area contributed by atoms with Crippen LogP contribution in [-0.4, -0.2) is 31.2 Å². The van der Waals surface area contributed by atoms with Crippen LogP contribution in [0.3, 0.4) is 0 Å². The number of thiophene rings is 1. The van der Waals surface area contributed by atoms with E-state index in [4.69, 9.17) is 0 Å². The molecule has 1 amide bonds. The Balaban J connectivity index is 1.56. The molecule has 0 bridgehead atoms. The predicted octanol–water partition coefficient (Wildman–Crippen LogP) is 4.00. The first-order valence-electron chi connectivity index (χ1n) is 8.82. The lowest BCUT2D eigenvalue weighted by Gasteiger charge is -2.23. The van der Waals surface area contributed by atoms with Gasteiger partial charge in [-0.05, 0) is 66.9 Å². The molecular weight excluding hydrogens is 380 g/mol. The first kappa shape index (κ1) is 18.2. The summed E-state index contributed by atoms with van der Waals surface area (Å²) in [4.78, 5) is 13.0. The third kappa shape index (κ3) is 3.50. The molecule has 1 N–H and O–H groups in total. The molecule has 1 unspecified atom stereocenters. The lowest BCUT2D eigenvalue weighted by Crippen LogP contribution is -2.43. The monoisotopic (exact) mass is 400 g/mol. The van der Waals surface area contributed by atoms with Crippen molar-refractivity contribution in [3.8, 4) is 0 Å². The number of fused-ring (bicyclic) bond motifs is 1. The number of hydrogen-bond donors (Lipinski definition) is 1. The Morgan fingerprint density at radius 2 is 1.93 bits per heavy atom. The number of carbonyl (C=O) groups excluding carboxylic acids is 1. The fraction of sp³-hybridized carbons (Fsp3) is 0.250. The smallest absolute Gasteiger partial charge is 0.243 e. The molecule has 140 valence electrons. The van der Waals surface area contributed by atoms with Crippen molar-refractivity contribution < 1.29 is 13.2 Å². The highest BCUT2D eigenvalue weighted by Gasteiger charge is 2.39. The van der Waals surface area contributed by atoms with Crippen LogP contribution in [0.1, 0.15) is 18.4 Å². The summed E-state index contributed by atoms with van der Waals surface area (Å²) in [5.74, 6) is -0.280. The molecule has 0 aliphatic carbocycles. The van der Waals surface area contributed by atoms with Gasteiger partial charge < -0.3 is 5.32 Å². The second-order valence-corrected chi connectivity index (χ2v) is 9.59. The summed E-state index contributed by atoms with van der Waals surface area (Å²) in [5, 5.41) is 5.95. The van der Waals surface area contributed by atoms with E-state index in [0.29, 0.717) is 25.1 Å². The van der Waals surface area contributed by atoms with E-state index in [2.05, 4.69) is 5.32 Å². The molecule has 2 aromatic carbocycles. The quantitative estimate of drug-likeness (QED) is 0.720. The van der Waals surface area contributed by atoms with E-state index in [-0.39, 0.29) is 10.8 Å². The van der Waals surface area contributed by atoms with Crippen molar-refractivity contribution in [3.05, 3.63) is 59.5 Å². The number of anilines is 1. The minimum Gasteiger partial charge on any atom is -0.325 e. The van der Waals surface area contributed by atoms with Gasteiger partial charge in [-0.1, -0.05) is 17.7 Å². The minimum absolute atomic E-state index is 0.229. The molecule has 0 radical (unpaired) electrons. The lowest BCUT2D eigenvalue weighted by molar-refractivity contribution is -0.119. The van der Waals surface area contributed by atoms with Gasteiger partial charge in [-0.2, -0.15) is 4.31 Å². The lowest BCUT2D eigenvalue weighted by atomic mass is 10.2. The van der Waals surface area contributed by atoms with Crippen LogP contribution >= 0.6 is 11.3 Å². The summed E-state index contributed by atoms with van der Waals surface area (Å²) in [7, 11) is -3.69. The van der Waals surface area contributed by atoms with Gasteiger partial charge in [0.05, 0.1) is 4.90 Å². The number of rotatable bonds is 4. The van der Waals surface area contributed by atoms with E-state index < -0.39 is 16.1 Å². The third-order valence-electron chi connectivity index (χ3n) is 4.85. The highest BCUT2D eigenvalue weighted by Crippen LogP contribution is 2.28. The van der Waals surface area contributed by atoms with Crippen molar-refractivity contribution in [1.82, 2.24) is 4.31 Å². The Labute approximate surface area is 162 Å². The fourth-order valence-electron chi connectivity index (χ4n) is 3.41. The van der Waals surface area contributed by atoms with Crippen molar-refractivity contribution in [3.63, 3.8) is 0 Å². The van der Waals surface area contributed by atoms with E-state index in [9.17, 15) is 13.2 Å². The van der Waals surface area contributed by atoms with Crippen LogP contribution in [0.2, 0.25) is 0 Å². The molecule has 1 fully saturated rings. The maximum atomic E-state index is 13.0. The minimum atomic E-state index is -3.69. The Hall–Kier alpha value is -2.22. The molecule has 3 aromatic rings. The number of hydrogen-bond acceptors (Lipinski definition) is 4. The second-order valence-electron chi connectivity index (χ2n) is 6.75. The largest absolute Gasteiger partial charge is 0.325 e. The van der Waals surface area contributed by atoms with E-state index in [1.165, 1.54) is 4.31 Å². The summed E-state index contributed by atoms with van der Waals surface area (Å²) in [6.07, 6.45) is 1.20. The number of benzene rings is 2. The molecule has 27 heavy (non-hydrogen) atoms. The maximum Gasteiger partial charge on any atom is 0.243 e. The molecule has 1 aliphatic rings. The molecule has 1 atom stereocenters. The summed E-state index contributed by atoms with van der Waals surface area (Å²) < 4.78 is 28.5. The summed E-state index contributed by atoms with van der Waals surface area (Å²) in [5.41, 5.74) is 1.68. The highest BCUT2D eigenvalue weighted by molar-refractivity contribution is 7.89. The topological polar surface area (TPSA) is 66.5 Å². The molecule has 2 heterocycles. The highest BCUT2D eigenvalue weighted by atomic mass is 32.2. The molecular formula is C20H20N2O3S2. The molecule has 1 aromatic heterocycles. The van der Waals surface area contributed by atoms with Crippen molar-refractivity contribution in [2.24, 2.45) is 0 Å². The first-order chi connectivity index (χ1) is 12.9. The van der Waals surface area contributed by atoms with Crippen LogP contribution in [0, 0.1) is 6.92 Å². The SMILES string of the molecule is Cc1ccc(S(=O)(=O)N2CCCC2C(=O)Nc2ccc3sccc3c2)cc1. The number of sulfonamides is 1. The van der Waals surface area contributed by atoms with Crippen LogP contribution < -0.4 is 5.32 Å². The second kappa shape index (κ2) is 7.07. The molecule has 1 saturated heterocycles. The van der Waals surface area contributed by atoms with Gasteiger partial charge in [-0.3, -0.25) is 4.79 Å². The zero-order valence-corrected chi connectivity index (χ0v) is 16.5. The van der Waals surface area contributed by atoms with Crippen molar-refractivity contribution in [1.29, 1.82) is 0 Å². The molecule has 5 nitrogen and oxygen atoms in total. The van der Waals surface area contributed by atoms with Gasteiger partial charge in [0, 0.05) is 16.9 Å². The molecule has 0 saturated carbocycles. The van der Waals surface area contributed by atoms with E-state index in [1.807, 2.05) is 36.6 Å². The van der Waals surface area contributed by atoms with Gasteiger partial charge >= 0.3 is 0 Å². The van der Waals surface area contributed by atoms with Crippen molar-refractivity contribution in [2.45, 2.75) is 30.7 Å². The van der Waals surface area contributed by atoms with Gasteiger partial charge in [0.25, 0.3) is 0 Å². The average Bonchev–Trinajstić information content (AvgIpc) is 3.31. The maximum absolute atomic E-state index is 13.0. The van der Waals surface area contributed by atoms with Crippen LogP contribution in [-0.2, 0) is 14.8 Å². The van der Waals surface area contributed by atoms with Gasteiger partial charge in [-0.15, -0.1) is 11.3 Å². The Morgan fingerprint density at radius 3 is 2.70 bits per heavy atom. The summed E-state index contributed by atoms with van der Waals surface area (Å²) in [6, 6.07) is 13.8. The standard InChI is InChI=1S/C20H20N2O3S2/c1-14-4-7-17(8-5-14)27(24,25)22-11-2-3-18(22)20(23)21-16-6-9-19-15(13-16)10-12-26-19/h4-10,12-13,18H,2-3,11H2,1H3,(H,21,23). The Morgan fingerprint density at radius 1 is 1.15 bits per heavy atom. The first-order valence-corrected chi connectivity index (χ1v) is 11.1. The van der Waals surface area contributed by atoms with E-state index in [1.54, 1.807) is 35.6 Å². The summed E-state index contributed by atoms with van der Waals surface area (Å²) >= 11 is 1.64. The molecule has 0 spiro atoms. The molecule has 7 heteroatoms. The van der Waals surface area contributed by atoms with Crippen LogP contribution in [0.4, 0.5) is 5.69 Å². The van der Waals surface area contributed by atoms with Crippen LogP contribution in [0.5, 0.6) is 0 Å². The third-order valence-corrected chi connectivity index (χ3v) is 7.67. The molecule has 1 aliphatic heterocycles. The number of amides is 1. The normalized spacial score (nSPS) is 18.0. The van der Waals surface area contributed by atoms with Crippen LogP contribution in [0.25, 0.3) is 10.1 Å². The van der Waals surface area contributed by atoms with E-state index in [0.717, 1.165) is 15.6 Å². The summed E-state index contributed by atoms with van der Waals surface area (Å²) in [6.45, 7) is 2.27. The zero-order chi connectivity index (χ0) is 19.0. The number of aryl methyl sites for hydroxylation is 1. The number of nitrogens with zero attached hydrogens (tertiary/aromatic N) is 1. The van der Waals surface area contributed by atoms with Crippen LogP contribution in [0.15, 0.2) is 58.8 Å². The molecule has 4 rings (SSSR count). The van der Waals surface area contributed by atoms with Crippen molar-refractivity contribution >= 4 is 43.0 Å². The van der Waals surface area contributed by atoms with Gasteiger partial charge in [0.15, 0.2) is 0 Å².